The van der Waals surface area contributed by atoms with Crippen LogP contribution in [0.3, 0.4) is 0 Å². The number of thiocarbonyl (C=S) groups is 1. The molecule has 0 spiro atoms. The SMILES string of the molecule is Cc1ccc(C(=O)NC(=S)Nc2ccc(C)c(C)c2)cc1. The fourth-order valence-electron chi connectivity index (χ4n) is 1.86. The van der Waals surface area contributed by atoms with Gasteiger partial charge in [0.05, 0.1) is 0 Å². The highest BCUT2D eigenvalue weighted by Gasteiger charge is 2.07. The Kier molecular flexibility index (Phi) is 4.70. The zero-order valence-electron chi connectivity index (χ0n) is 12.4. The van der Waals surface area contributed by atoms with E-state index in [1.807, 2.05) is 44.2 Å². The van der Waals surface area contributed by atoms with Crippen LogP contribution < -0.4 is 10.6 Å². The standard InChI is InChI=1S/C17H18N2OS/c1-11-4-7-14(8-5-11)16(20)19-17(21)18-15-9-6-12(2)13(3)10-15/h4-10H,1-3H3,(H2,18,19,20,21). The van der Waals surface area contributed by atoms with Crippen LogP contribution in [-0.2, 0) is 0 Å². The molecule has 0 bridgehead atoms. The summed E-state index contributed by atoms with van der Waals surface area (Å²) in [4.78, 5) is 12.0. The van der Waals surface area contributed by atoms with Crippen LogP contribution in [0.2, 0.25) is 0 Å². The van der Waals surface area contributed by atoms with E-state index in [0.717, 1.165) is 11.3 Å². The van der Waals surface area contributed by atoms with Gasteiger partial charge in [-0.25, -0.2) is 0 Å². The lowest BCUT2D eigenvalue weighted by atomic mass is 10.1. The number of rotatable bonds is 2. The zero-order valence-corrected chi connectivity index (χ0v) is 13.2. The Morgan fingerprint density at radius 2 is 1.62 bits per heavy atom. The van der Waals surface area contributed by atoms with E-state index in [4.69, 9.17) is 12.2 Å². The van der Waals surface area contributed by atoms with Gasteiger partial charge in [0.2, 0.25) is 0 Å². The van der Waals surface area contributed by atoms with E-state index in [2.05, 4.69) is 17.6 Å². The Bertz CT molecular complexity index is 678. The van der Waals surface area contributed by atoms with Crippen molar-refractivity contribution >= 4 is 28.9 Å². The summed E-state index contributed by atoms with van der Waals surface area (Å²) >= 11 is 5.17. The Labute approximate surface area is 130 Å². The summed E-state index contributed by atoms with van der Waals surface area (Å²) in [5, 5.41) is 6.00. The lowest BCUT2D eigenvalue weighted by molar-refractivity contribution is 0.0978. The average Bonchev–Trinajstić information content (AvgIpc) is 2.43. The van der Waals surface area contributed by atoms with Gasteiger partial charge in [-0.3, -0.25) is 10.1 Å². The molecule has 0 aliphatic heterocycles. The van der Waals surface area contributed by atoms with Gasteiger partial charge in [0.1, 0.15) is 0 Å². The molecule has 0 aliphatic rings. The molecule has 0 atom stereocenters. The minimum absolute atomic E-state index is 0.212. The summed E-state index contributed by atoms with van der Waals surface area (Å²) in [5.41, 5.74) is 4.96. The van der Waals surface area contributed by atoms with Crippen LogP contribution in [0.25, 0.3) is 0 Å². The van der Waals surface area contributed by atoms with Crippen LogP contribution in [0.4, 0.5) is 5.69 Å². The molecule has 108 valence electrons. The third-order valence-electron chi connectivity index (χ3n) is 3.31. The van der Waals surface area contributed by atoms with Crippen molar-refractivity contribution in [3.63, 3.8) is 0 Å². The normalized spacial score (nSPS) is 10.0. The highest BCUT2D eigenvalue weighted by Crippen LogP contribution is 2.14. The second-order valence-electron chi connectivity index (χ2n) is 5.07. The maximum absolute atomic E-state index is 12.0. The van der Waals surface area contributed by atoms with Gasteiger partial charge in [0.25, 0.3) is 5.91 Å². The van der Waals surface area contributed by atoms with Crippen molar-refractivity contribution in [2.24, 2.45) is 0 Å². The molecule has 2 rings (SSSR count). The van der Waals surface area contributed by atoms with E-state index in [9.17, 15) is 4.79 Å². The van der Waals surface area contributed by atoms with Gasteiger partial charge in [-0.05, 0) is 68.4 Å². The first kappa shape index (κ1) is 15.2. The van der Waals surface area contributed by atoms with Gasteiger partial charge in [-0.2, -0.15) is 0 Å². The van der Waals surface area contributed by atoms with Gasteiger partial charge in [-0.15, -0.1) is 0 Å². The molecule has 0 fully saturated rings. The summed E-state index contributed by atoms with van der Waals surface area (Å²) in [6.07, 6.45) is 0. The second kappa shape index (κ2) is 6.50. The number of hydrogen-bond donors (Lipinski definition) is 2. The molecule has 0 saturated carbocycles. The van der Waals surface area contributed by atoms with Crippen LogP contribution in [0.5, 0.6) is 0 Å². The van der Waals surface area contributed by atoms with Gasteiger partial charge in [-0.1, -0.05) is 23.8 Å². The first-order valence-corrected chi connectivity index (χ1v) is 7.13. The number of benzene rings is 2. The van der Waals surface area contributed by atoms with E-state index in [1.54, 1.807) is 12.1 Å². The number of carbonyl (C=O) groups is 1. The van der Waals surface area contributed by atoms with Gasteiger partial charge >= 0.3 is 0 Å². The summed E-state index contributed by atoms with van der Waals surface area (Å²) in [6.45, 7) is 6.07. The molecule has 0 aromatic heterocycles. The van der Waals surface area contributed by atoms with Crippen LogP contribution in [-0.4, -0.2) is 11.0 Å². The molecule has 0 radical (unpaired) electrons. The molecule has 4 heteroatoms. The predicted octanol–water partition coefficient (Wildman–Crippen LogP) is 3.74. The fraction of sp³-hybridized carbons (Fsp3) is 0.176. The number of amides is 1. The molecule has 2 aromatic rings. The number of anilines is 1. The highest BCUT2D eigenvalue weighted by molar-refractivity contribution is 7.80. The van der Waals surface area contributed by atoms with E-state index in [1.165, 1.54) is 11.1 Å². The number of hydrogen-bond acceptors (Lipinski definition) is 2. The third-order valence-corrected chi connectivity index (χ3v) is 3.51. The maximum atomic E-state index is 12.0. The lowest BCUT2D eigenvalue weighted by Crippen LogP contribution is -2.34. The molecule has 3 nitrogen and oxygen atoms in total. The summed E-state index contributed by atoms with van der Waals surface area (Å²) in [6, 6.07) is 13.3. The van der Waals surface area contributed by atoms with Gasteiger partial charge < -0.3 is 5.32 Å². The zero-order chi connectivity index (χ0) is 15.4. The molecule has 2 N–H and O–H groups in total. The molecule has 0 heterocycles. The van der Waals surface area contributed by atoms with Crippen molar-refractivity contribution in [3.8, 4) is 0 Å². The molecule has 0 aliphatic carbocycles. The van der Waals surface area contributed by atoms with E-state index in [-0.39, 0.29) is 5.91 Å². The fourth-order valence-corrected chi connectivity index (χ4v) is 2.07. The van der Waals surface area contributed by atoms with Crippen molar-refractivity contribution in [1.29, 1.82) is 0 Å². The Morgan fingerprint density at radius 1 is 0.952 bits per heavy atom. The van der Waals surface area contributed by atoms with Gasteiger partial charge in [0.15, 0.2) is 5.11 Å². The highest BCUT2D eigenvalue weighted by atomic mass is 32.1. The minimum atomic E-state index is -0.212. The smallest absolute Gasteiger partial charge is 0.257 e. The first-order valence-electron chi connectivity index (χ1n) is 6.72. The predicted molar refractivity (Wildman–Crippen MR) is 90.8 cm³/mol. The molecule has 0 unspecified atom stereocenters. The van der Waals surface area contributed by atoms with Crippen LogP contribution in [0.1, 0.15) is 27.0 Å². The van der Waals surface area contributed by atoms with Gasteiger partial charge in [0, 0.05) is 11.3 Å². The second-order valence-corrected chi connectivity index (χ2v) is 5.48. The van der Waals surface area contributed by atoms with Crippen LogP contribution in [0, 0.1) is 20.8 Å². The Balaban J connectivity index is 1.99. The lowest BCUT2D eigenvalue weighted by Gasteiger charge is -2.11. The number of nitrogens with one attached hydrogen (secondary N) is 2. The average molecular weight is 298 g/mol. The molecular formula is C17H18N2OS. The molecule has 0 saturated heterocycles. The minimum Gasteiger partial charge on any atom is -0.332 e. The largest absolute Gasteiger partial charge is 0.332 e. The quantitative estimate of drug-likeness (QED) is 0.830. The molecule has 1 amide bonds. The molecular weight excluding hydrogens is 280 g/mol. The summed E-state index contributed by atoms with van der Waals surface area (Å²) in [5.74, 6) is -0.212. The molecule has 21 heavy (non-hydrogen) atoms. The third kappa shape index (κ3) is 4.13. The van der Waals surface area contributed by atoms with Crippen LogP contribution in [0.15, 0.2) is 42.5 Å². The van der Waals surface area contributed by atoms with E-state index >= 15 is 0 Å². The topological polar surface area (TPSA) is 41.1 Å². The van der Waals surface area contributed by atoms with Crippen LogP contribution >= 0.6 is 12.2 Å². The Morgan fingerprint density at radius 3 is 2.24 bits per heavy atom. The number of carbonyl (C=O) groups excluding carboxylic acids is 1. The van der Waals surface area contributed by atoms with E-state index < -0.39 is 0 Å². The summed E-state index contributed by atoms with van der Waals surface area (Å²) < 4.78 is 0. The summed E-state index contributed by atoms with van der Waals surface area (Å²) in [7, 11) is 0. The molecule has 2 aromatic carbocycles. The van der Waals surface area contributed by atoms with Crippen molar-refractivity contribution in [1.82, 2.24) is 5.32 Å². The van der Waals surface area contributed by atoms with Crippen molar-refractivity contribution in [3.05, 3.63) is 64.7 Å². The number of aryl methyl sites for hydroxylation is 3. The monoisotopic (exact) mass is 298 g/mol. The first-order chi connectivity index (χ1) is 9.95. The van der Waals surface area contributed by atoms with E-state index in [0.29, 0.717) is 10.7 Å². The van der Waals surface area contributed by atoms with Crippen molar-refractivity contribution in [2.45, 2.75) is 20.8 Å². The van der Waals surface area contributed by atoms with Crippen molar-refractivity contribution in [2.75, 3.05) is 5.32 Å². The van der Waals surface area contributed by atoms with Crippen molar-refractivity contribution < 1.29 is 4.79 Å². The maximum Gasteiger partial charge on any atom is 0.257 e. The Hall–Kier alpha value is -2.20.